The van der Waals surface area contributed by atoms with Crippen molar-refractivity contribution in [3.8, 4) is 0 Å². The molecular formula is C15H17NO2. The number of benzene rings is 1. The summed E-state index contributed by atoms with van der Waals surface area (Å²) in [5, 5.41) is 10.0. The van der Waals surface area contributed by atoms with Crippen molar-refractivity contribution < 1.29 is 9.90 Å². The molecule has 3 nitrogen and oxygen atoms in total. The smallest absolute Gasteiger partial charge is 0.307 e. The lowest BCUT2D eigenvalue weighted by Gasteiger charge is -2.26. The van der Waals surface area contributed by atoms with Crippen LogP contribution in [0.15, 0.2) is 30.5 Å². The second-order valence-corrected chi connectivity index (χ2v) is 5.23. The molecule has 1 aromatic heterocycles. The molecule has 1 aliphatic carbocycles. The predicted molar refractivity (Wildman–Crippen MR) is 70.6 cm³/mol. The highest BCUT2D eigenvalue weighted by Gasteiger charge is 2.18. The molecule has 0 radical (unpaired) electrons. The minimum Gasteiger partial charge on any atom is -0.481 e. The van der Waals surface area contributed by atoms with Gasteiger partial charge in [0, 0.05) is 18.3 Å². The van der Waals surface area contributed by atoms with E-state index in [9.17, 15) is 4.79 Å². The van der Waals surface area contributed by atoms with Crippen LogP contribution >= 0.6 is 0 Å². The molecule has 3 rings (SSSR count). The highest BCUT2D eigenvalue weighted by Crippen LogP contribution is 2.29. The van der Waals surface area contributed by atoms with Gasteiger partial charge in [0.2, 0.25) is 0 Å². The fraction of sp³-hybridized carbons (Fsp3) is 0.400. The predicted octanol–water partition coefficient (Wildman–Crippen LogP) is 3.07. The van der Waals surface area contributed by atoms with Crippen LogP contribution in [0.1, 0.15) is 24.8 Å². The minimum atomic E-state index is -0.772. The lowest BCUT2D eigenvalue weighted by atomic mass is 9.85. The van der Waals surface area contributed by atoms with Gasteiger partial charge in [-0.25, -0.2) is 0 Å². The zero-order valence-electron chi connectivity index (χ0n) is 10.3. The van der Waals surface area contributed by atoms with Gasteiger partial charge in [-0.15, -0.1) is 0 Å². The van der Waals surface area contributed by atoms with Crippen LogP contribution in [0, 0.1) is 5.92 Å². The van der Waals surface area contributed by atoms with Gasteiger partial charge in [0.15, 0.2) is 0 Å². The zero-order chi connectivity index (χ0) is 12.5. The average Bonchev–Trinajstić information content (AvgIpc) is 2.65. The van der Waals surface area contributed by atoms with E-state index in [4.69, 9.17) is 5.11 Å². The molecule has 1 aromatic carbocycles. The number of hydrogen-bond donors (Lipinski definition) is 1. The Morgan fingerprint density at radius 3 is 2.83 bits per heavy atom. The first-order valence-corrected chi connectivity index (χ1v) is 6.52. The number of nitrogens with zero attached hydrogens (tertiary/aromatic N) is 1. The van der Waals surface area contributed by atoms with Crippen LogP contribution in [0.2, 0.25) is 0 Å². The summed E-state index contributed by atoms with van der Waals surface area (Å²) >= 11 is 0. The normalized spacial score (nSPS) is 15.8. The number of aliphatic carboxylic acids is 1. The fourth-order valence-corrected chi connectivity index (χ4v) is 2.63. The largest absolute Gasteiger partial charge is 0.481 e. The van der Waals surface area contributed by atoms with Crippen LogP contribution in [0.25, 0.3) is 10.9 Å². The Bertz CT molecular complexity index is 581. The van der Waals surface area contributed by atoms with E-state index < -0.39 is 5.97 Å². The quantitative estimate of drug-likeness (QED) is 0.896. The van der Waals surface area contributed by atoms with Gasteiger partial charge in [-0.05, 0) is 41.8 Å². The Kier molecular flexibility index (Phi) is 2.82. The van der Waals surface area contributed by atoms with Crippen molar-refractivity contribution in [3.05, 3.63) is 36.0 Å². The molecule has 1 N–H and O–H groups in total. The maximum atomic E-state index is 10.8. The number of aromatic nitrogens is 1. The Balaban J connectivity index is 1.91. The summed E-state index contributed by atoms with van der Waals surface area (Å²) in [4.78, 5) is 10.8. The monoisotopic (exact) mass is 243 g/mol. The molecule has 0 atom stereocenters. The summed E-state index contributed by atoms with van der Waals surface area (Å²) in [6.07, 6.45) is 6.23. The molecular weight excluding hydrogens is 226 g/mol. The van der Waals surface area contributed by atoms with E-state index in [0.29, 0.717) is 0 Å². The molecule has 0 amide bonds. The number of carboxylic acids is 1. The Labute approximate surface area is 106 Å². The summed E-state index contributed by atoms with van der Waals surface area (Å²) in [5.41, 5.74) is 2.05. The molecule has 0 unspecified atom stereocenters. The molecule has 1 saturated carbocycles. The fourth-order valence-electron chi connectivity index (χ4n) is 2.63. The average molecular weight is 243 g/mol. The van der Waals surface area contributed by atoms with Crippen LogP contribution in [0.5, 0.6) is 0 Å². The zero-order valence-corrected chi connectivity index (χ0v) is 10.3. The molecule has 1 fully saturated rings. The second kappa shape index (κ2) is 4.48. The Morgan fingerprint density at radius 1 is 1.33 bits per heavy atom. The first kappa shape index (κ1) is 11.3. The molecule has 0 spiro atoms. The van der Waals surface area contributed by atoms with E-state index in [1.165, 1.54) is 30.2 Å². The van der Waals surface area contributed by atoms with Crippen LogP contribution in [0.3, 0.4) is 0 Å². The molecule has 3 heteroatoms. The van der Waals surface area contributed by atoms with Gasteiger partial charge in [-0.1, -0.05) is 18.6 Å². The first-order chi connectivity index (χ1) is 8.72. The highest BCUT2D eigenvalue weighted by atomic mass is 16.4. The third-order valence-corrected chi connectivity index (χ3v) is 3.87. The molecule has 0 saturated heterocycles. The molecule has 2 aromatic rings. The van der Waals surface area contributed by atoms with Gasteiger partial charge >= 0.3 is 5.97 Å². The van der Waals surface area contributed by atoms with Crippen molar-refractivity contribution in [1.29, 1.82) is 0 Å². The van der Waals surface area contributed by atoms with Gasteiger partial charge in [0.1, 0.15) is 0 Å². The maximum Gasteiger partial charge on any atom is 0.307 e. The van der Waals surface area contributed by atoms with Crippen molar-refractivity contribution in [2.75, 3.05) is 0 Å². The van der Waals surface area contributed by atoms with E-state index >= 15 is 0 Å². The van der Waals surface area contributed by atoms with E-state index in [-0.39, 0.29) is 6.42 Å². The molecule has 1 heterocycles. The third-order valence-electron chi connectivity index (χ3n) is 3.87. The Morgan fingerprint density at radius 2 is 2.17 bits per heavy atom. The number of fused-ring (bicyclic) bond motifs is 1. The van der Waals surface area contributed by atoms with Gasteiger partial charge in [0.05, 0.1) is 6.42 Å². The molecule has 0 bridgehead atoms. The van der Waals surface area contributed by atoms with Crippen molar-refractivity contribution in [2.45, 2.75) is 32.2 Å². The number of hydrogen-bond acceptors (Lipinski definition) is 1. The van der Waals surface area contributed by atoms with E-state index in [1.54, 1.807) is 0 Å². The summed E-state index contributed by atoms with van der Waals surface area (Å²) in [5.74, 6) is 0.0372. The van der Waals surface area contributed by atoms with E-state index in [2.05, 4.69) is 16.8 Å². The van der Waals surface area contributed by atoms with E-state index in [0.717, 1.165) is 18.0 Å². The number of carbonyl (C=O) groups is 1. The van der Waals surface area contributed by atoms with Crippen molar-refractivity contribution in [3.63, 3.8) is 0 Å². The number of rotatable bonds is 4. The second-order valence-electron chi connectivity index (χ2n) is 5.23. The van der Waals surface area contributed by atoms with Gasteiger partial charge < -0.3 is 9.67 Å². The van der Waals surface area contributed by atoms with Crippen molar-refractivity contribution in [1.82, 2.24) is 4.57 Å². The third kappa shape index (κ3) is 2.13. The van der Waals surface area contributed by atoms with Crippen LogP contribution < -0.4 is 0 Å². The van der Waals surface area contributed by atoms with Crippen molar-refractivity contribution >= 4 is 16.9 Å². The van der Waals surface area contributed by atoms with Gasteiger partial charge in [0.25, 0.3) is 0 Å². The maximum absolute atomic E-state index is 10.8. The lowest BCUT2D eigenvalue weighted by molar-refractivity contribution is -0.136. The minimum absolute atomic E-state index is 0.102. The van der Waals surface area contributed by atoms with Gasteiger partial charge in [-0.2, -0.15) is 0 Å². The van der Waals surface area contributed by atoms with Crippen LogP contribution in [-0.4, -0.2) is 15.6 Å². The lowest BCUT2D eigenvalue weighted by Crippen LogP contribution is -2.17. The summed E-state index contributed by atoms with van der Waals surface area (Å²) < 4.78 is 2.27. The molecule has 0 aliphatic heterocycles. The summed E-state index contributed by atoms with van der Waals surface area (Å²) in [6.45, 7) is 1.07. The molecule has 18 heavy (non-hydrogen) atoms. The van der Waals surface area contributed by atoms with Gasteiger partial charge in [-0.3, -0.25) is 4.79 Å². The SMILES string of the molecule is O=C(O)Cc1ccc2ccn(CC3CCC3)c2c1. The summed E-state index contributed by atoms with van der Waals surface area (Å²) in [6, 6.07) is 8.05. The van der Waals surface area contributed by atoms with Crippen LogP contribution in [-0.2, 0) is 17.8 Å². The topological polar surface area (TPSA) is 42.2 Å². The highest BCUT2D eigenvalue weighted by molar-refractivity contribution is 5.82. The number of carboxylic acid groups (broad SMARTS) is 1. The molecule has 94 valence electrons. The molecule has 1 aliphatic rings. The van der Waals surface area contributed by atoms with Crippen LogP contribution in [0.4, 0.5) is 0 Å². The first-order valence-electron chi connectivity index (χ1n) is 6.52. The standard InChI is InChI=1S/C15H17NO2/c17-15(18)9-12-4-5-13-6-7-16(14(13)8-12)10-11-2-1-3-11/h4-8,11H,1-3,9-10H2,(H,17,18). The summed E-state index contributed by atoms with van der Waals surface area (Å²) in [7, 11) is 0. The van der Waals surface area contributed by atoms with Crippen molar-refractivity contribution in [2.24, 2.45) is 5.92 Å². The van der Waals surface area contributed by atoms with E-state index in [1.807, 2.05) is 18.2 Å². The Hall–Kier alpha value is -1.77.